The fraction of sp³-hybridized carbons (Fsp3) is 0.700. The second-order valence-electron chi connectivity index (χ2n) is 4.45. The van der Waals surface area contributed by atoms with Crippen molar-refractivity contribution in [1.82, 2.24) is 9.78 Å². The maximum absolute atomic E-state index is 5.12. The van der Waals surface area contributed by atoms with Crippen LogP contribution in [0.2, 0.25) is 0 Å². The predicted molar refractivity (Wildman–Crippen MR) is 55.8 cm³/mol. The van der Waals surface area contributed by atoms with Gasteiger partial charge < -0.3 is 4.84 Å². The number of aromatic nitrogens is 2. The highest BCUT2D eigenvalue weighted by Gasteiger charge is 2.25. The van der Waals surface area contributed by atoms with Crippen molar-refractivity contribution in [3.05, 3.63) is 18.0 Å². The summed E-state index contributed by atoms with van der Waals surface area (Å²) in [5.41, 5.74) is 1.05. The van der Waals surface area contributed by atoms with Gasteiger partial charge in [0.2, 0.25) is 0 Å². The Bertz CT molecular complexity index is 291. The van der Waals surface area contributed by atoms with Crippen LogP contribution < -0.4 is 5.90 Å². The molecule has 1 aromatic heterocycles. The van der Waals surface area contributed by atoms with Gasteiger partial charge in [0.25, 0.3) is 0 Å². The van der Waals surface area contributed by atoms with E-state index in [1.165, 1.54) is 0 Å². The highest BCUT2D eigenvalue weighted by molar-refractivity contribution is 5.14. The first-order valence-electron chi connectivity index (χ1n) is 4.84. The Balaban J connectivity index is 2.99. The van der Waals surface area contributed by atoms with Crippen LogP contribution >= 0.6 is 0 Å². The third-order valence-electron chi connectivity index (χ3n) is 2.30. The van der Waals surface area contributed by atoms with E-state index in [1.54, 1.807) is 0 Å². The number of hydrogen-bond donors (Lipinski definition) is 1. The molecular formula is C10H19N3O. The van der Waals surface area contributed by atoms with Crippen molar-refractivity contribution in [2.75, 3.05) is 6.61 Å². The molecule has 0 aliphatic heterocycles. The van der Waals surface area contributed by atoms with Gasteiger partial charge in [-0.3, -0.25) is 4.68 Å². The molecule has 4 nitrogen and oxygen atoms in total. The molecule has 4 heteroatoms. The van der Waals surface area contributed by atoms with Crippen LogP contribution in [-0.4, -0.2) is 16.4 Å². The summed E-state index contributed by atoms with van der Waals surface area (Å²) in [6, 6.07) is 2.37. The standard InChI is InChI=1S/C10H19N3O/c1-8(2)13-9(5-6-12-13)10(3,4)7-14-11/h5-6,8H,7,11H2,1-4H3. The second-order valence-corrected chi connectivity index (χ2v) is 4.45. The van der Waals surface area contributed by atoms with Gasteiger partial charge in [0.15, 0.2) is 0 Å². The van der Waals surface area contributed by atoms with E-state index < -0.39 is 0 Å². The Morgan fingerprint density at radius 3 is 2.71 bits per heavy atom. The molecule has 0 atom stereocenters. The average Bonchev–Trinajstić information content (AvgIpc) is 2.51. The summed E-state index contributed by atoms with van der Waals surface area (Å²) in [4.78, 5) is 4.72. The first-order valence-corrected chi connectivity index (χ1v) is 4.84. The molecule has 14 heavy (non-hydrogen) atoms. The predicted octanol–water partition coefficient (Wildman–Crippen LogP) is 1.63. The molecular weight excluding hydrogens is 178 g/mol. The quantitative estimate of drug-likeness (QED) is 0.746. The van der Waals surface area contributed by atoms with Crippen LogP contribution in [0, 0.1) is 0 Å². The molecule has 0 unspecified atom stereocenters. The van der Waals surface area contributed by atoms with Crippen LogP contribution in [0.15, 0.2) is 12.3 Å². The molecule has 80 valence electrons. The molecule has 2 N–H and O–H groups in total. The van der Waals surface area contributed by atoms with E-state index in [0.29, 0.717) is 12.6 Å². The van der Waals surface area contributed by atoms with E-state index in [9.17, 15) is 0 Å². The van der Waals surface area contributed by atoms with Gasteiger partial charge in [0.1, 0.15) is 0 Å². The van der Waals surface area contributed by atoms with E-state index in [1.807, 2.05) is 16.9 Å². The minimum Gasteiger partial charge on any atom is -0.304 e. The number of hydrogen-bond acceptors (Lipinski definition) is 3. The molecule has 0 bridgehead atoms. The van der Waals surface area contributed by atoms with Crippen molar-refractivity contribution in [1.29, 1.82) is 0 Å². The van der Waals surface area contributed by atoms with Crippen molar-refractivity contribution in [2.24, 2.45) is 5.90 Å². The van der Waals surface area contributed by atoms with Crippen molar-refractivity contribution in [3.63, 3.8) is 0 Å². The third-order valence-corrected chi connectivity index (χ3v) is 2.30. The molecule has 0 fully saturated rings. The summed E-state index contributed by atoms with van der Waals surface area (Å²) in [6.45, 7) is 8.89. The largest absolute Gasteiger partial charge is 0.304 e. The molecule has 0 aromatic carbocycles. The van der Waals surface area contributed by atoms with Gasteiger partial charge in [-0.05, 0) is 19.9 Å². The molecule has 1 aromatic rings. The van der Waals surface area contributed by atoms with Crippen molar-refractivity contribution < 1.29 is 4.84 Å². The Labute approximate surface area is 85.0 Å². The van der Waals surface area contributed by atoms with E-state index >= 15 is 0 Å². The topological polar surface area (TPSA) is 53.1 Å². The van der Waals surface area contributed by atoms with E-state index in [-0.39, 0.29) is 5.41 Å². The molecule has 1 heterocycles. The van der Waals surface area contributed by atoms with Crippen LogP contribution in [0.4, 0.5) is 0 Å². The smallest absolute Gasteiger partial charge is 0.0785 e. The molecule has 1 rings (SSSR count). The zero-order chi connectivity index (χ0) is 10.8. The minimum atomic E-state index is -0.102. The van der Waals surface area contributed by atoms with Crippen LogP contribution in [-0.2, 0) is 10.3 Å². The maximum Gasteiger partial charge on any atom is 0.0785 e. The monoisotopic (exact) mass is 197 g/mol. The lowest BCUT2D eigenvalue weighted by atomic mass is 9.90. The Hall–Kier alpha value is -0.870. The van der Waals surface area contributed by atoms with E-state index in [4.69, 9.17) is 10.7 Å². The molecule has 0 aliphatic rings. The molecule has 0 aliphatic carbocycles. The Morgan fingerprint density at radius 1 is 1.57 bits per heavy atom. The zero-order valence-corrected chi connectivity index (χ0v) is 9.32. The van der Waals surface area contributed by atoms with E-state index in [2.05, 4.69) is 32.8 Å². The van der Waals surface area contributed by atoms with Crippen molar-refractivity contribution >= 4 is 0 Å². The van der Waals surface area contributed by atoms with Gasteiger partial charge in [-0.25, -0.2) is 5.90 Å². The summed E-state index contributed by atoms with van der Waals surface area (Å²) in [7, 11) is 0. The Kier molecular flexibility index (Phi) is 3.29. The first kappa shape index (κ1) is 11.2. The number of rotatable bonds is 4. The fourth-order valence-corrected chi connectivity index (χ4v) is 1.54. The van der Waals surface area contributed by atoms with Gasteiger partial charge in [-0.1, -0.05) is 13.8 Å². The summed E-state index contributed by atoms with van der Waals surface area (Å²) in [5, 5.41) is 4.28. The zero-order valence-electron chi connectivity index (χ0n) is 9.32. The third kappa shape index (κ3) is 2.13. The van der Waals surface area contributed by atoms with E-state index in [0.717, 1.165) is 5.69 Å². The van der Waals surface area contributed by atoms with Gasteiger partial charge in [-0.15, -0.1) is 0 Å². The minimum absolute atomic E-state index is 0.102. The van der Waals surface area contributed by atoms with Crippen LogP contribution in [0.25, 0.3) is 0 Å². The molecule has 0 amide bonds. The molecule has 0 spiro atoms. The Morgan fingerprint density at radius 2 is 2.21 bits per heavy atom. The van der Waals surface area contributed by atoms with Crippen molar-refractivity contribution in [3.8, 4) is 0 Å². The van der Waals surface area contributed by atoms with Crippen molar-refractivity contribution in [2.45, 2.75) is 39.2 Å². The van der Waals surface area contributed by atoms with Crippen LogP contribution in [0.3, 0.4) is 0 Å². The molecule has 0 radical (unpaired) electrons. The molecule has 0 saturated carbocycles. The highest BCUT2D eigenvalue weighted by Crippen LogP contribution is 2.24. The summed E-state index contributed by atoms with van der Waals surface area (Å²) >= 11 is 0. The van der Waals surface area contributed by atoms with Gasteiger partial charge >= 0.3 is 0 Å². The lowest BCUT2D eigenvalue weighted by Crippen LogP contribution is -2.30. The highest BCUT2D eigenvalue weighted by atomic mass is 16.6. The first-order chi connectivity index (χ1) is 6.49. The number of nitrogens with zero attached hydrogens (tertiary/aromatic N) is 2. The molecule has 0 saturated heterocycles. The lowest BCUT2D eigenvalue weighted by Gasteiger charge is -2.25. The van der Waals surface area contributed by atoms with Crippen LogP contribution in [0.1, 0.15) is 39.4 Å². The normalized spacial score (nSPS) is 12.4. The summed E-state index contributed by atoms with van der Waals surface area (Å²) in [5.74, 6) is 5.12. The number of nitrogens with two attached hydrogens (primary N) is 1. The SMILES string of the molecule is CC(C)n1nccc1C(C)(C)CON. The second kappa shape index (κ2) is 4.11. The van der Waals surface area contributed by atoms with Gasteiger partial charge in [0, 0.05) is 23.3 Å². The summed E-state index contributed by atoms with van der Waals surface area (Å²) in [6.07, 6.45) is 1.81. The maximum atomic E-state index is 5.12. The lowest BCUT2D eigenvalue weighted by molar-refractivity contribution is 0.0925. The summed E-state index contributed by atoms with van der Waals surface area (Å²) < 4.78 is 2.00. The van der Waals surface area contributed by atoms with Gasteiger partial charge in [0.05, 0.1) is 6.61 Å². The van der Waals surface area contributed by atoms with Gasteiger partial charge in [-0.2, -0.15) is 5.10 Å². The van der Waals surface area contributed by atoms with Crippen LogP contribution in [0.5, 0.6) is 0 Å². The average molecular weight is 197 g/mol. The fourth-order valence-electron chi connectivity index (χ4n) is 1.54.